The smallest absolute Gasteiger partial charge is 0.227 e. The van der Waals surface area contributed by atoms with Crippen LogP contribution in [0.15, 0.2) is 54.6 Å². The van der Waals surface area contributed by atoms with Crippen LogP contribution >= 0.6 is 0 Å². The third-order valence-corrected chi connectivity index (χ3v) is 4.69. The molecule has 1 N–H and O–H groups in total. The van der Waals surface area contributed by atoms with Crippen LogP contribution in [-0.4, -0.2) is 15.8 Å². The molecule has 1 aromatic heterocycles. The first-order valence-corrected chi connectivity index (χ1v) is 8.58. The molecular formula is C21H18FN3O. The number of anilines is 2. The lowest BCUT2D eigenvalue weighted by Crippen LogP contribution is -2.22. The molecular weight excluding hydrogens is 329 g/mol. The lowest BCUT2D eigenvalue weighted by Gasteiger charge is -2.24. The third-order valence-electron chi connectivity index (χ3n) is 4.69. The summed E-state index contributed by atoms with van der Waals surface area (Å²) in [6.45, 7) is 1.84. The average molecular weight is 347 g/mol. The SMILES string of the molecule is Cc1nc(Nc2ccccc2)nc2c1C(=O)C[C@@H](c1ccc(F)cc1)C2. The fourth-order valence-electron chi connectivity index (χ4n) is 3.45. The minimum absolute atomic E-state index is 0.00877. The molecule has 1 aliphatic carbocycles. The zero-order valence-corrected chi connectivity index (χ0v) is 14.4. The first-order chi connectivity index (χ1) is 12.6. The Bertz CT molecular complexity index is 955. The zero-order chi connectivity index (χ0) is 18.1. The Balaban J connectivity index is 1.67. The number of carbonyl (C=O) groups is 1. The van der Waals surface area contributed by atoms with Gasteiger partial charge in [-0.2, -0.15) is 0 Å². The molecule has 4 nitrogen and oxygen atoms in total. The summed E-state index contributed by atoms with van der Waals surface area (Å²) in [7, 11) is 0. The van der Waals surface area contributed by atoms with Crippen molar-refractivity contribution in [3.05, 3.63) is 82.9 Å². The normalized spacial score (nSPS) is 16.2. The van der Waals surface area contributed by atoms with Crippen LogP contribution in [0.1, 0.15) is 39.6 Å². The molecule has 0 radical (unpaired) electrons. The largest absolute Gasteiger partial charge is 0.324 e. The Morgan fingerprint density at radius 2 is 1.73 bits per heavy atom. The summed E-state index contributed by atoms with van der Waals surface area (Å²) >= 11 is 0. The average Bonchev–Trinajstić information content (AvgIpc) is 2.62. The maximum Gasteiger partial charge on any atom is 0.227 e. The van der Waals surface area contributed by atoms with Crippen LogP contribution < -0.4 is 5.32 Å². The topological polar surface area (TPSA) is 54.9 Å². The van der Waals surface area contributed by atoms with Gasteiger partial charge in [0.1, 0.15) is 5.82 Å². The highest BCUT2D eigenvalue weighted by atomic mass is 19.1. The number of fused-ring (bicyclic) bond motifs is 1. The monoisotopic (exact) mass is 347 g/mol. The number of para-hydroxylation sites is 1. The number of nitrogens with one attached hydrogen (secondary N) is 1. The molecule has 0 aliphatic heterocycles. The molecule has 4 rings (SSSR count). The van der Waals surface area contributed by atoms with E-state index in [-0.39, 0.29) is 17.5 Å². The lowest BCUT2D eigenvalue weighted by molar-refractivity contribution is 0.0962. The molecule has 0 unspecified atom stereocenters. The molecule has 1 atom stereocenters. The van der Waals surface area contributed by atoms with Crippen LogP contribution in [0, 0.1) is 12.7 Å². The van der Waals surface area contributed by atoms with Crippen molar-refractivity contribution in [2.24, 2.45) is 0 Å². The van der Waals surface area contributed by atoms with Gasteiger partial charge in [0.15, 0.2) is 5.78 Å². The number of hydrogen-bond donors (Lipinski definition) is 1. The Morgan fingerprint density at radius 3 is 2.46 bits per heavy atom. The molecule has 1 heterocycles. The van der Waals surface area contributed by atoms with Crippen LogP contribution in [-0.2, 0) is 6.42 Å². The van der Waals surface area contributed by atoms with Crippen molar-refractivity contribution >= 4 is 17.4 Å². The maximum atomic E-state index is 13.2. The van der Waals surface area contributed by atoms with Crippen molar-refractivity contribution < 1.29 is 9.18 Å². The molecule has 0 saturated heterocycles. The van der Waals surface area contributed by atoms with Crippen LogP contribution in [0.4, 0.5) is 16.0 Å². The van der Waals surface area contributed by atoms with E-state index in [1.54, 1.807) is 12.1 Å². The standard InChI is InChI=1S/C21H18FN3O/c1-13-20-18(25-21(23-13)24-17-5-3-2-4-6-17)11-15(12-19(20)26)14-7-9-16(22)10-8-14/h2-10,15H,11-12H2,1H3,(H,23,24,25)/t15-/m0/s1. The Hall–Kier alpha value is -3.08. The second-order valence-corrected chi connectivity index (χ2v) is 6.53. The summed E-state index contributed by atoms with van der Waals surface area (Å²) in [4.78, 5) is 21.7. The molecule has 0 bridgehead atoms. The number of nitrogens with zero attached hydrogens (tertiary/aromatic N) is 2. The fourth-order valence-corrected chi connectivity index (χ4v) is 3.45. The van der Waals surface area contributed by atoms with Crippen molar-refractivity contribution in [3.8, 4) is 0 Å². The van der Waals surface area contributed by atoms with Gasteiger partial charge < -0.3 is 5.32 Å². The highest BCUT2D eigenvalue weighted by Gasteiger charge is 2.29. The molecule has 26 heavy (non-hydrogen) atoms. The summed E-state index contributed by atoms with van der Waals surface area (Å²) in [6, 6.07) is 16.0. The van der Waals surface area contributed by atoms with Gasteiger partial charge in [-0.25, -0.2) is 14.4 Å². The van der Waals surface area contributed by atoms with Gasteiger partial charge in [-0.1, -0.05) is 30.3 Å². The number of halogens is 1. The van der Waals surface area contributed by atoms with E-state index in [0.717, 1.165) is 16.9 Å². The summed E-state index contributed by atoms with van der Waals surface area (Å²) < 4.78 is 13.2. The second kappa shape index (κ2) is 6.67. The lowest BCUT2D eigenvalue weighted by atomic mass is 9.81. The molecule has 0 saturated carbocycles. The second-order valence-electron chi connectivity index (χ2n) is 6.53. The molecule has 5 heteroatoms. The van der Waals surface area contributed by atoms with E-state index in [2.05, 4.69) is 15.3 Å². The van der Waals surface area contributed by atoms with Crippen LogP contribution in [0.5, 0.6) is 0 Å². The number of Topliss-reactive ketones (excluding diaryl/α,β-unsaturated/α-hetero) is 1. The number of aromatic nitrogens is 2. The molecule has 0 spiro atoms. The van der Waals surface area contributed by atoms with Gasteiger partial charge in [-0.3, -0.25) is 4.79 Å². The van der Waals surface area contributed by atoms with Gasteiger partial charge in [0.25, 0.3) is 0 Å². The quantitative estimate of drug-likeness (QED) is 0.753. The fraction of sp³-hybridized carbons (Fsp3) is 0.190. The number of ketones is 1. The van der Waals surface area contributed by atoms with E-state index in [1.165, 1.54) is 12.1 Å². The summed E-state index contributed by atoms with van der Waals surface area (Å²) in [6.07, 6.45) is 1.04. The van der Waals surface area contributed by atoms with Crippen molar-refractivity contribution in [2.45, 2.75) is 25.7 Å². The Morgan fingerprint density at radius 1 is 1.00 bits per heavy atom. The van der Waals surface area contributed by atoms with E-state index >= 15 is 0 Å². The molecule has 0 amide bonds. The maximum absolute atomic E-state index is 13.2. The van der Waals surface area contributed by atoms with Gasteiger partial charge in [0.05, 0.1) is 17.0 Å². The molecule has 1 aliphatic rings. The van der Waals surface area contributed by atoms with E-state index in [9.17, 15) is 9.18 Å². The van der Waals surface area contributed by atoms with Crippen LogP contribution in [0.3, 0.4) is 0 Å². The highest BCUT2D eigenvalue weighted by molar-refractivity contribution is 5.99. The van der Waals surface area contributed by atoms with Crippen LogP contribution in [0.25, 0.3) is 0 Å². The summed E-state index contributed by atoms with van der Waals surface area (Å²) in [5.74, 6) is 0.266. The van der Waals surface area contributed by atoms with E-state index in [1.807, 2.05) is 37.3 Å². The minimum atomic E-state index is -0.274. The zero-order valence-electron chi connectivity index (χ0n) is 14.4. The minimum Gasteiger partial charge on any atom is -0.324 e. The van der Waals surface area contributed by atoms with Gasteiger partial charge in [-0.15, -0.1) is 0 Å². The van der Waals surface area contributed by atoms with Crippen LogP contribution in [0.2, 0.25) is 0 Å². The first kappa shape index (κ1) is 16.4. The van der Waals surface area contributed by atoms with E-state index in [4.69, 9.17) is 0 Å². The number of hydrogen-bond acceptors (Lipinski definition) is 4. The Kier molecular flexibility index (Phi) is 4.21. The number of aryl methyl sites for hydroxylation is 1. The number of carbonyl (C=O) groups excluding carboxylic acids is 1. The van der Waals surface area contributed by atoms with E-state index in [0.29, 0.717) is 30.0 Å². The third kappa shape index (κ3) is 3.20. The molecule has 0 fully saturated rings. The van der Waals surface area contributed by atoms with Gasteiger partial charge in [0.2, 0.25) is 5.95 Å². The van der Waals surface area contributed by atoms with Crippen molar-refractivity contribution in [3.63, 3.8) is 0 Å². The first-order valence-electron chi connectivity index (χ1n) is 8.58. The van der Waals surface area contributed by atoms with Crippen molar-refractivity contribution in [1.29, 1.82) is 0 Å². The van der Waals surface area contributed by atoms with Crippen molar-refractivity contribution in [2.75, 3.05) is 5.32 Å². The molecule has 2 aromatic carbocycles. The molecule has 130 valence electrons. The van der Waals surface area contributed by atoms with Gasteiger partial charge in [-0.05, 0) is 49.1 Å². The predicted molar refractivity (Wildman–Crippen MR) is 98.3 cm³/mol. The molecule has 3 aromatic rings. The number of rotatable bonds is 3. The van der Waals surface area contributed by atoms with Gasteiger partial charge in [0, 0.05) is 12.1 Å². The summed E-state index contributed by atoms with van der Waals surface area (Å²) in [5.41, 5.74) is 3.92. The summed E-state index contributed by atoms with van der Waals surface area (Å²) in [5, 5.41) is 3.19. The van der Waals surface area contributed by atoms with Gasteiger partial charge >= 0.3 is 0 Å². The predicted octanol–water partition coefficient (Wildman–Crippen LogP) is 4.58. The van der Waals surface area contributed by atoms with Crippen molar-refractivity contribution in [1.82, 2.24) is 9.97 Å². The van der Waals surface area contributed by atoms with E-state index < -0.39 is 0 Å². The number of benzene rings is 2. The Labute approximate surface area is 151 Å². The highest BCUT2D eigenvalue weighted by Crippen LogP contribution is 2.33.